The molecule has 0 saturated carbocycles. The van der Waals surface area contributed by atoms with Crippen molar-refractivity contribution >= 4 is 32.5 Å². The van der Waals surface area contributed by atoms with Gasteiger partial charge in [-0.05, 0) is 64.2 Å². The van der Waals surface area contributed by atoms with Crippen LogP contribution in [0.3, 0.4) is 0 Å². The molecule has 190 valence electrons. The van der Waals surface area contributed by atoms with Crippen LogP contribution in [-0.2, 0) is 12.9 Å². The van der Waals surface area contributed by atoms with Gasteiger partial charge in [0.15, 0.2) is 0 Å². The van der Waals surface area contributed by atoms with Crippen LogP contribution in [0.25, 0.3) is 32.5 Å². The summed E-state index contributed by atoms with van der Waals surface area (Å²) in [5.41, 5.74) is 8.70. The van der Waals surface area contributed by atoms with Crippen molar-refractivity contribution in [3.8, 4) is 11.4 Å². The van der Waals surface area contributed by atoms with Gasteiger partial charge in [-0.3, -0.25) is 0 Å². The van der Waals surface area contributed by atoms with Gasteiger partial charge in [-0.2, -0.15) is 0 Å². The fourth-order valence-electron chi connectivity index (χ4n) is 5.45. The first kappa shape index (κ1) is 22.3. The van der Waals surface area contributed by atoms with Crippen LogP contribution < -0.4 is 0 Å². The van der Waals surface area contributed by atoms with Gasteiger partial charge in [0, 0.05) is 23.8 Å². The highest BCUT2D eigenvalue weighted by Crippen LogP contribution is 2.37. The van der Waals surface area contributed by atoms with Crippen LogP contribution in [0, 0.1) is 0 Å². The first-order chi connectivity index (χ1) is 19.3. The number of imidazole rings is 1. The summed E-state index contributed by atoms with van der Waals surface area (Å²) in [5, 5.41) is 3.29. The lowest BCUT2D eigenvalue weighted by molar-refractivity contribution is 0.750. The van der Waals surface area contributed by atoms with Crippen molar-refractivity contribution in [1.82, 2.24) is 9.55 Å². The minimum atomic E-state index is -1.57. The van der Waals surface area contributed by atoms with Gasteiger partial charge >= 0.3 is 0 Å². The minimum Gasteiger partial charge on any atom is -0.319 e. The number of nitrogens with zero attached hydrogens (tertiary/aromatic N) is 2. The Labute approximate surface area is 232 Å². The predicted octanol–water partition coefficient (Wildman–Crippen LogP) is 9.80. The van der Waals surface area contributed by atoms with Crippen molar-refractivity contribution in [1.29, 1.82) is 0 Å². The Morgan fingerprint density at radius 2 is 1.50 bits per heavy atom. The molecule has 0 amide bonds. The second kappa shape index (κ2) is 10.2. The monoisotopic (exact) mass is 516 g/mol. The van der Waals surface area contributed by atoms with Crippen LogP contribution >= 0.6 is 11.3 Å². The largest absolute Gasteiger partial charge is 0.319 e. The quantitative estimate of drug-likeness (QED) is 0.206. The number of hydrogen-bond donors (Lipinski definition) is 0. The summed E-state index contributed by atoms with van der Waals surface area (Å²) < 4.78 is 21.1. The smallest absolute Gasteiger partial charge is 0.142 e. The molecule has 0 N–H and O–H groups in total. The summed E-state index contributed by atoms with van der Waals surface area (Å²) in [7, 11) is 0. The first-order valence-electron chi connectivity index (χ1n) is 14.4. The number of hydrogen-bond acceptors (Lipinski definition) is 2. The summed E-state index contributed by atoms with van der Waals surface area (Å²) in [4.78, 5) is 5.16. The van der Waals surface area contributed by atoms with Gasteiger partial charge in [0.25, 0.3) is 0 Å². The van der Waals surface area contributed by atoms with Gasteiger partial charge in [0.2, 0.25) is 0 Å². The maximum absolute atomic E-state index is 8.85. The molecule has 0 atom stereocenters. The average Bonchev–Trinajstić information content (AvgIpc) is 3.54. The summed E-state index contributed by atoms with van der Waals surface area (Å²) in [6.45, 7) is 9.84. The molecule has 2 nitrogen and oxygen atoms in total. The van der Waals surface area contributed by atoms with E-state index in [1.54, 1.807) is 11.3 Å². The van der Waals surface area contributed by atoms with E-state index in [-0.39, 0.29) is 0 Å². The lowest BCUT2D eigenvalue weighted by Gasteiger charge is -2.21. The van der Waals surface area contributed by atoms with Gasteiger partial charge in [-0.15, -0.1) is 11.3 Å². The number of rotatable bonds is 7. The maximum Gasteiger partial charge on any atom is 0.142 e. The summed E-state index contributed by atoms with van der Waals surface area (Å²) in [5.74, 6) is 1.80. The molecule has 0 spiro atoms. The van der Waals surface area contributed by atoms with Crippen LogP contribution in [0.2, 0.25) is 0 Å². The SMILES string of the molecule is [2H]C([2H])(c1ccccc1)c1ccc2c(-c3nc4ccccc4n3Cc3c(C(C)C)cccc3C(C)C)csc2c1. The second-order valence-electron chi connectivity index (χ2n) is 10.6. The van der Waals surface area contributed by atoms with Gasteiger partial charge < -0.3 is 4.57 Å². The highest BCUT2D eigenvalue weighted by molar-refractivity contribution is 7.17. The van der Waals surface area contributed by atoms with E-state index < -0.39 is 6.37 Å². The molecule has 0 radical (unpaired) electrons. The predicted molar refractivity (Wildman–Crippen MR) is 164 cm³/mol. The van der Waals surface area contributed by atoms with E-state index in [0.717, 1.165) is 39.1 Å². The fraction of sp³-hybridized carbons (Fsp3) is 0.229. The van der Waals surface area contributed by atoms with Gasteiger partial charge in [0.05, 0.1) is 17.6 Å². The molecule has 6 rings (SSSR count). The number of benzene rings is 4. The molecule has 2 aromatic heterocycles. The van der Waals surface area contributed by atoms with E-state index in [9.17, 15) is 0 Å². The summed E-state index contributed by atoms with van der Waals surface area (Å²) >= 11 is 1.66. The molecule has 0 unspecified atom stereocenters. The number of fused-ring (bicyclic) bond motifs is 2. The number of para-hydroxylation sites is 2. The first-order valence-corrected chi connectivity index (χ1v) is 14.3. The van der Waals surface area contributed by atoms with E-state index in [2.05, 4.69) is 86.2 Å². The molecule has 0 bridgehead atoms. The summed E-state index contributed by atoms with van der Waals surface area (Å²) in [6, 6.07) is 30.6. The molecule has 2 heterocycles. The van der Waals surface area contributed by atoms with Crippen molar-refractivity contribution in [2.24, 2.45) is 0 Å². The Morgan fingerprint density at radius 1 is 0.789 bits per heavy atom. The zero-order valence-corrected chi connectivity index (χ0v) is 23.2. The van der Waals surface area contributed by atoms with Crippen molar-refractivity contribution in [3.05, 3.63) is 124 Å². The Morgan fingerprint density at radius 3 is 2.24 bits per heavy atom. The van der Waals surface area contributed by atoms with Crippen molar-refractivity contribution in [2.75, 3.05) is 0 Å². The van der Waals surface area contributed by atoms with Crippen molar-refractivity contribution < 1.29 is 2.74 Å². The van der Waals surface area contributed by atoms with Gasteiger partial charge in [-0.1, -0.05) is 100 Å². The van der Waals surface area contributed by atoms with Crippen molar-refractivity contribution in [3.63, 3.8) is 0 Å². The van der Waals surface area contributed by atoms with E-state index in [1.165, 1.54) is 16.7 Å². The van der Waals surface area contributed by atoms with E-state index in [4.69, 9.17) is 7.73 Å². The van der Waals surface area contributed by atoms with E-state index in [1.807, 2.05) is 42.5 Å². The zero-order chi connectivity index (χ0) is 28.0. The van der Waals surface area contributed by atoms with Crippen LogP contribution in [0.1, 0.15) is 70.1 Å². The molecule has 38 heavy (non-hydrogen) atoms. The Kier molecular flexibility index (Phi) is 6.00. The van der Waals surface area contributed by atoms with Crippen molar-refractivity contribution in [2.45, 2.75) is 52.4 Å². The standard InChI is InChI=1S/C35H34N2S/c1-23(2)27-13-10-14-28(24(3)4)30(27)21-37-33-16-9-8-15-32(33)36-35(37)31-22-38-34-20-26(17-18-29(31)34)19-25-11-6-5-7-12-25/h5-18,20,22-24H,19,21H2,1-4H3/i19D2. The van der Waals surface area contributed by atoms with Crippen LogP contribution in [0.4, 0.5) is 0 Å². The highest BCUT2D eigenvalue weighted by Gasteiger charge is 2.20. The van der Waals surface area contributed by atoms with Gasteiger partial charge in [-0.25, -0.2) is 4.98 Å². The average molecular weight is 517 g/mol. The molecule has 6 aromatic rings. The molecule has 0 aliphatic heterocycles. The van der Waals surface area contributed by atoms with Gasteiger partial charge in [0.1, 0.15) is 5.82 Å². The molecule has 3 heteroatoms. The zero-order valence-electron chi connectivity index (χ0n) is 24.4. The summed E-state index contributed by atoms with van der Waals surface area (Å²) in [6.07, 6.45) is -1.57. The van der Waals surface area contributed by atoms with Crippen LogP contribution in [0.5, 0.6) is 0 Å². The fourth-order valence-corrected chi connectivity index (χ4v) is 6.43. The lowest BCUT2D eigenvalue weighted by atomic mass is 9.88. The molecule has 4 aromatic carbocycles. The van der Waals surface area contributed by atoms with Crippen LogP contribution in [0.15, 0.2) is 96.4 Å². The Hall–Kier alpha value is -3.69. The molecule has 0 aliphatic carbocycles. The molecule has 0 fully saturated rings. The minimum absolute atomic E-state index is 0.423. The molecular weight excluding hydrogens is 480 g/mol. The second-order valence-corrected chi connectivity index (χ2v) is 11.5. The van der Waals surface area contributed by atoms with E-state index >= 15 is 0 Å². The Balaban J connectivity index is 1.50. The normalized spacial score (nSPS) is 13.0. The topological polar surface area (TPSA) is 17.8 Å². The lowest BCUT2D eigenvalue weighted by Crippen LogP contribution is -2.10. The third-order valence-corrected chi connectivity index (χ3v) is 8.29. The van der Waals surface area contributed by atoms with Crippen LogP contribution in [-0.4, -0.2) is 9.55 Å². The molecule has 0 aliphatic rings. The Bertz CT molecular complexity index is 1790. The molecular formula is C35H34N2S. The highest BCUT2D eigenvalue weighted by atomic mass is 32.1. The molecule has 0 saturated heterocycles. The third kappa shape index (κ3) is 4.56. The number of aromatic nitrogens is 2. The number of thiophene rings is 1. The maximum atomic E-state index is 8.85. The third-order valence-electron chi connectivity index (χ3n) is 7.34. The van der Waals surface area contributed by atoms with E-state index in [0.29, 0.717) is 23.0 Å².